The van der Waals surface area contributed by atoms with Crippen LogP contribution in [0.15, 0.2) is 29.4 Å². The Kier molecular flexibility index (Phi) is 14.7. The van der Waals surface area contributed by atoms with Crippen molar-refractivity contribution in [2.45, 2.75) is 110 Å². The first-order chi connectivity index (χ1) is 13.3. The summed E-state index contributed by atoms with van der Waals surface area (Å²) in [5.41, 5.74) is 0.938. The molecule has 0 spiro atoms. The van der Waals surface area contributed by atoms with Crippen LogP contribution in [0, 0.1) is 4.91 Å². The highest BCUT2D eigenvalue weighted by Gasteiger charge is 2.16. The van der Waals surface area contributed by atoms with Crippen molar-refractivity contribution >= 4 is 0 Å². The van der Waals surface area contributed by atoms with E-state index in [4.69, 9.17) is 4.74 Å². The SMILES string of the molecule is CCCCCCCCCCCCCCCC(N=O)c1ccccc1OCC. The Labute approximate surface area is 167 Å². The second kappa shape index (κ2) is 16.8. The highest BCUT2D eigenvalue weighted by atomic mass is 16.5. The minimum atomic E-state index is -0.277. The highest BCUT2D eigenvalue weighted by molar-refractivity contribution is 5.36. The fraction of sp³-hybridized carbons (Fsp3) is 0.750. The van der Waals surface area contributed by atoms with Crippen molar-refractivity contribution in [2.24, 2.45) is 5.18 Å². The summed E-state index contributed by atoms with van der Waals surface area (Å²) in [6.45, 7) is 4.85. The number of nitrogens with zero attached hydrogens (tertiary/aromatic N) is 1. The zero-order valence-corrected chi connectivity index (χ0v) is 17.8. The zero-order chi connectivity index (χ0) is 19.6. The number of ether oxygens (including phenoxy) is 1. The smallest absolute Gasteiger partial charge is 0.124 e. The van der Waals surface area contributed by atoms with Gasteiger partial charge in [-0.05, 0) is 19.4 Å². The molecule has 0 aliphatic rings. The molecule has 0 aromatic heterocycles. The van der Waals surface area contributed by atoms with Gasteiger partial charge in [0.05, 0.1) is 6.61 Å². The quantitative estimate of drug-likeness (QED) is 0.191. The molecule has 1 aromatic carbocycles. The summed E-state index contributed by atoms with van der Waals surface area (Å²) in [6, 6.07) is 7.53. The van der Waals surface area contributed by atoms with E-state index in [0.29, 0.717) is 6.61 Å². The lowest BCUT2D eigenvalue weighted by molar-refractivity contribution is 0.333. The molecule has 1 rings (SSSR count). The average Bonchev–Trinajstić information content (AvgIpc) is 2.69. The van der Waals surface area contributed by atoms with Gasteiger partial charge in [0, 0.05) is 5.56 Å². The molecule has 3 nitrogen and oxygen atoms in total. The molecule has 0 bridgehead atoms. The van der Waals surface area contributed by atoms with Gasteiger partial charge >= 0.3 is 0 Å². The molecule has 1 aromatic rings. The molecule has 0 aliphatic carbocycles. The minimum absolute atomic E-state index is 0.277. The lowest BCUT2D eigenvalue weighted by Gasteiger charge is -2.14. The first-order valence-electron chi connectivity index (χ1n) is 11.4. The first kappa shape index (κ1) is 23.7. The molecular formula is C24H41NO2. The van der Waals surface area contributed by atoms with Gasteiger partial charge in [-0.25, -0.2) is 0 Å². The number of rotatable bonds is 18. The second-order valence-corrected chi connectivity index (χ2v) is 7.62. The van der Waals surface area contributed by atoms with Crippen LogP contribution >= 0.6 is 0 Å². The summed E-state index contributed by atoms with van der Waals surface area (Å²) in [6.07, 6.45) is 18.2. The Morgan fingerprint density at radius 3 is 1.81 bits per heavy atom. The summed E-state index contributed by atoms with van der Waals surface area (Å²) < 4.78 is 5.64. The van der Waals surface area contributed by atoms with Gasteiger partial charge in [0.25, 0.3) is 0 Å². The summed E-state index contributed by atoms with van der Waals surface area (Å²) in [5, 5.41) is 3.37. The molecule has 27 heavy (non-hydrogen) atoms. The Morgan fingerprint density at radius 2 is 1.30 bits per heavy atom. The maximum Gasteiger partial charge on any atom is 0.124 e. The van der Waals surface area contributed by atoms with Crippen LogP contribution in [-0.2, 0) is 0 Å². The van der Waals surface area contributed by atoms with E-state index < -0.39 is 0 Å². The van der Waals surface area contributed by atoms with Gasteiger partial charge in [0.2, 0.25) is 0 Å². The normalized spacial score (nSPS) is 12.1. The van der Waals surface area contributed by atoms with Crippen molar-refractivity contribution in [3.8, 4) is 5.75 Å². The molecule has 1 atom stereocenters. The molecule has 154 valence electrons. The fourth-order valence-electron chi connectivity index (χ4n) is 3.66. The highest BCUT2D eigenvalue weighted by Crippen LogP contribution is 2.31. The maximum absolute atomic E-state index is 11.3. The Morgan fingerprint density at radius 1 is 0.778 bits per heavy atom. The van der Waals surface area contributed by atoms with Crippen LogP contribution in [0.4, 0.5) is 0 Å². The van der Waals surface area contributed by atoms with E-state index in [2.05, 4.69) is 12.1 Å². The van der Waals surface area contributed by atoms with Crippen LogP contribution in [0.25, 0.3) is 0 Å². The summed E-state index contributed by atoms with van der Waals surface area (Å²) in [5.74, 6) is 0.805. The third-order valence-corrected chi connectivity index (χ3v) is 5.29. The maximum atomic E-state index is 11.3. The Balaban J connectivity index is 2.06. The molecule has 0 heterocycles. The topological polar surface area (TPSA) is 38.7 Å². The third-order valence-electron chi connectivity index (χ3n) is 5.29. The van der Waals surface area contributed by atoms with E-state index in [9.17, 15) is 4.91 Å². The van der Waals surface area contributed by atoms with Gasteiger partial charge in [0.1, 0.15) is 11.8 Å². The van der Waals surface area contributed by atoms with Crippen molar-refractivity contribution in [3.05, 3.63) is 34.7 Å². The van der Waals surface area contributed by atoms with Crippen LogP contribution in [0.5, 0.6) is 5.75 Å². The zero-order valence-electron chi connectivity index (χ0n) is 17.8. The fourth-order valence-corrected chi connectivity index (χ4v) is 3.66. The molecule has 0 saturated carbocycles. The molecular weight excluding hydrogens is 334 g/mol. The van der Waals surface area contributed by atoms with Crippen LogP contribution < -0.4 is 4.74 Å². The van der Waals surface area contributed by atoms with Gasteiger partial charge in [-0.2, -0.15) is 4.91 Å². The summed E-state index contributed by atoms with van der Waals surface area (Å²) in [7, 11) is 0. The molecule has 0 aliphatic heterocycles. The van der Waals surface area contributed by atoms with Gasteiger partial charge in [-0.15, -0.1) is 0 Å². The number of nitroso groups, excluding NO2 is 1. The monoisotopic (exact) mass is 375 g/mol. The van der Waals surface area contributed by atoms with E-state index in [-0.39, 0.29) is 6.04 Å². The number of unbranched alkanes of at least 4 members (excludes halogenated alkanes) is 12. The van der Waals surface area contributed by atoms with Crippen LogP contribution in [0.1, 0.15) is 115 Å². The molecule has 0 saturated heterocycles. The molecule has 0 N–H and O–H groups in total. The van der Waals surface area contributed by atoms with Crippen LogP contribution in [0.3, 0.4) is 0 Å². The number of hydrogen-bond donors (Lipinski definition) is 0. The van der Waals surface area contributed by atoms with Gasteiger partial charge in [0.15, 0.2) is 0 Å². The lowest BCUT2D eigenvalue weighted by Crippen LogP contribution is -2.01. The summed E-state index contributed by atoms with van der Waals surface area (Å²) >= 11 is 0. The molecule has 0 amide bonds. The van der Waals surface area contributed by atoms with E-state index in [1.807, 2.05) is 31.2 Å². The second-order valence-electron chi connectivity index (χ2n) is 7.62. The van der Waals surface area contributed by atoms with Crippen molar-refractivity contribution in [1.29, 1.82) is 0 Å². The lowest BCUT2D eigenvalue weighted by atomic mass is 9.99. The van der Waals surface area contributed by atoms with Crippen LogP contribution in [-0.4, -0.2) is 6.61 Å². The van der Waals surface area contributed by atoms with E-state index in [1.165, 1.54) is 77.0 Å². The van der Waals surface area contributed by atoms with Crippen molar-refractivity contribution < 1.29 is 4.74 Å². The molecule has 0 fully saturated rings. The Hall–Kier alpha value is -1.38. The van der Waals surface area contributed by atoms with Crippen LogP contribution in [0.2, 0.25) is 0 Å². The number of hydrogen-bond acceptors (Lipinski definition) is 3. The largest absolute Gasteiger partial charge is 0.494 e. The predicted molar refractivity (Wildman–Crippen MR) is 116 cm³/mol. The van der Waals surface area contributed by atoms with E-state index in [1.54, 1.807) is 0 Å². The molecule has 1 unspecified atom stereocenters. The predicted octanol–water partition coefficient (Wildman–Crippen LogP) is 8.37. The van der Waals surface area contributed by atoms with Gasteiger partial charge < -0.3 is 4.74 Å². The van der Waals surface area contributed by atoms with Gasteiger partial charge in [-0.1, -0.05) is 114 Å². The van der Waals surface area contributed by atoms with E-state index in [0.717, 1.165) is 24.2 Å². The van der Waals surface area contributed by atoms with Crippen molar-refractivity contribution in [3.63, 3.8) is 0 Å². The van der Waals surface area contributed by atoms with Gasteiger partial charge in [-0.3, -0.25) is 0 Å². The standard InChI is InChI=1S/C24H41NO2/c1-3-5-6-7-8-9-10-11-12-13-14-15-16-20-23(25-26)22-19-17-18-21-24(22)27-4-2/h17-19,21,23H,3-16,20H2,1-2H3. The molecule has 0 radical (unpaired) electrons. The third kappa shape index (κ3) is 11.1. The van der Waals surface area contributed by atoms with Crippen molar-refractivity contribution in [2.75, 3.05) is 6.61 Å². The molecule has 3 heteroatoms. The van der Waals surface area contributed by atoms with E-state index >= 15 is 0 Å². The number of benzene rings is 1. The number of para-hydroxylation sites is 1. The summed E-state index contributed by atoms with van der Waals surface area (Å²) in [4.78, 5) is 11.3. The average molecular weight is 376 g/mol. The minimum Gasteiger partial charge on any atom is -0.494 e. The van der Waals surface area contributed by atoms with Crippen molar-refractivity contribution in [1.82, 2.24) is 0 Å². The first-order valence-corrected chi connectivity index (χ1v) is 11.4. The Bertz CT molecular complexity index is 475.